The van der Waals surface area contributed by atoms with Gasteiger partial charge in [-0.2, -0.15) is 13.2 Å². The van der Waals surface area contributed by atoms with Gasteiger partial charge in [0, 0.05) is 5.56 Å². The van der Waals surface area contributed by atoms with Gasteiger partial charge in [-0.3, -0.25) is 0 Å². The second kappa shape index (κ2) is 4.18. The summed E-state index contributed by atoms with van der Waals surface area (Å²) in [6.45, 7) is 0. The molecule has 1 rings (SSSR count). The van der Waals surface area contributed by atoms with Gasteiger partial charge in [0.05, 0.1) is 16.3 Å². The van der Waals surface area contributed by atoms with Crippen LogP contribution in [0.25, 0.3) is 0 Å². The Hall–Kier alpha value is -1.11. The van der Waals surface area contributed by atoms with Crippen LogP contribution in [0, 0.1) is 5.82 Å². The average Bonchev–Trinajstić information content (AvgIpc) is 2.11. The molecule has 0 bridgehead atoms. The Bertz CT molecular complexity index is 402. The molecule has 1 N–H and O–H groups in total. The van der Waals surface area contributed by atoms with E-state index < -0.39 is 23.1 Å². The highest BCUT2D eigenvalue weighted by molar-refractivity contribution is 9.10. The van der Waals surface area contributed by atoms with Crippen molar-refractivity contribution in [2.45, 2.75) is 6.18 Å². The Balaban J connectivity index is 3.47. The van der Waals surface area contributed by atoms with Crippen LogP contribution in [0.15, 0.2) is 21.8 Å². The summed E-state index contributed by atoms with van der Waals surface area (Å²) < 4.78 is 50.2. The minimum atomic E-state index is -4.70. The lowest BCUT2D eigenvalue weighted by molar-refractivity contribution is -0.137. The van der Waals surface area contributed by atoms with Gasteiger partial charge in [-0.05, 0) is 28.1 Å². The van der Waals surface area contributed by atoms with Crippen LogP contribution in [0.2, 0.25) is 0 Å². The molecule has 0 radical (unpaired) electrons. The molecule has 0 unspecified atom stereocenters. The zero-order valence-electron chi connectivity index (χ0n) is 7.02. The summed E-state index contributed by atoms with van der Waals surface area (Å²) in [5, 5.41) is 10.5. The molecule has 7 heteroatoms. The zero-order valence-corrected chi connectivity index (χ0v) is 8.60. The van der Waals surface area contributed by atoms with Gasteiger partial charge in [0.15, 0.2) is 0 Å². The lowest BCUT2D eigenvalue weighted by Crippen LogP contribution is -2.10. The van der Waals surface area contributed by atoms with Crippen molar-refractivity contribution in [3.63, 3.8) is 0 Å². The molecule has 0 aliphatic heterocycles. The van der Waals surface area contributed by atoms with Crippen LogP contribution < -0.4 is 0 Å². The summed E-state index contributed by atoms with van der Waals surface area (Å²) >= 11 is 2.73. The number of oxime groups is 1. The number of nitrogens with zero attached hydrogens (tertiary/aromatic N) is 1. The van der Waals surface area contributed by atoms with Crippen LogP contribution in [-0.4, -0.2) is 11.4 Å². The second-order valence-electron chi connectivity index (χ2n) is 2.56. The fourth-order valence-corrected chi connectivity index (χ4v) is 1.34. The van der Waals surface area contributed by atoms with Gasteiger partial charge in [-0.15, -0.1) is 0 Å². The second-order valence-corrected chi connectivity index (χ2v) is 3.42. The minimum absolute atomic E-state index is 0.134. The van der Waals surface area contributed by atoms with Crippen LogP contribution in [0.3, 0.4) is 0 Å². The van der Waals surface area contributed by atoms with Crippen LogP contribution in [-0.2, 0) is 6.18 Å². The lowest BCUT2D eigenvalue weighted by Gasteiger charge is -2.10. The first-order valence-corrected chi connectivity index (χ1v) is 4.40. The maximum absolute atomic E-state index is 13.2. The number of benzene rings is 1. The van der Waals surface area contributed by atoms with Crippen molar-refractivity contribution in [3.8, 4) is 0 Å². The first-order valence-electron chi connectivity index (χ1n) is 3.60. The summed E-state index contributed by atoms with van der Waals surface area (Å²) in [4.78, 5) is 0. The highest BCUT2D eigenvalue weighted by atomic mass is 79.9. The third-order valence-corrected chi connectivity index (χ3v) is 2.24. The lowest BCUT2D eigenvalue weighted by atomic mass is 10.1. The van der Waals surface area contributed by atoms with Gasteiger partial charge in [0.2, 0.25) is 0 Å². The smallest absolute Gasteiger partial charge is 0.411 e. The summed E-state index contributed by atoms with van der Waals surface area (Å²) in [5.74, 6) is -1.12. The molecule has 2 nitrogen and oxygen atoms in total. The van der Waals surface area contributed by atoms with Crippen LogP contribution in [0.1, 0.15) is 11.1 Å². The predicted octanol–water partition coefficient (Wildman–Crippen LogP) is 3.42. The standard InChI is InChI=1S/C8H4BrF4NO/c9-6-2-1-5(8(11,12)13)4(3-14-15)7(6)10/h1-3,15H. The van der Waals surface area contributed by atoms with E-state index in [1.54, 1.807) is 0 Å². The zero-order chi connectivity index (χ0) is 11.6. The molecule has 82 valence electrons. The molecule has 0 fully saturated rings. The number of halogens is 5. The predicted molar refractivity (Wildman–Crippen MR) is 48.5 cm³/mol. The molecular weight excluding hydrogens is 282 g/mol. The summed E-state index contributed by atoms with van der Waals surface area (Å²) in [5.41, 5.74) is -2.00. The molecular formula is C8H4BrF4NO. The van der Waals surface area contributed by atoms with Crippen LogP contribution >= 0.6 is 15.9 Å². The quantitative estimate of drug-likeness (QED) is 0.365. The Kier molecular flexibility index (Phi) is 3.33. The number of hydrogen-bond donors (Lipinski definition) is 1. The highest BCUT2D eigenvalue weighted by Crippen LogP contribution is 2.34. The molecule has 0 saturated heterocycles. The van der Waals surface area contributed by atoms with Crippen molar-refractivity contribution in [2.24, 2.45) is 5.16 Å². The van der Waals surface area contributed by atoms with Gasteiger partial charge in [-0.1, -0.05) is 5.16 Å². The van der Waals surface area contributed by atoms with E-state index in [1.807, 2.05) is 0 Å². The van der Waals surface area contributed by atoms with Gasteiger partial charge < -0.3 is 5.21 Å². The third-order valence-electron chi connectivity index (χ3n) is 1.62. The minimum Gasteiger partial charge on any atom is -0.411 e. The van der Waals surface area contributed by atoms with Gasteiger partial charge in [0.1, 0.15) is 5.82 Å². The highest BCUT2D eigenvalue weighted by Gasteiger charge is 2.34. The Morgan fingerprint density at radius 2 is 1.93 bits per heavy atom. The first-order chi connectivity index (χ1) is 6.88. The van der Waals surface area contributed by atoms with E-state index in [0.717, 1.165) is 6.07 Å². The third kappa shape index (κ3) is 2.47. The van der Waals surface area contributed by atoms with E-state index in [4.69, 9.17) is 5.21 Å². The largest absolute Gasteiger partial charge is 0.417 e. The molecule has 1 aromatic rings. The summed E-state index contributed by atoms with van der Waals surface area (Å²) in [7, 11) is 0. The number of hydrogen-bond acceptors (Lipinski definition) is 2. The first kappa shape index (κ1) is 12.0. The summed E-state index contributed by atoms with van der Waals surface area (Å²) in [6.07, 6.45) is -4.29. The van der Waals surface area contributed by atoms with Gasteiger partial charge >= 0.3 is 6.18 Å². The Morgan fingerprint density at radius 3 is 2.40 bits per heavy atom. The molecule has 0 aromatic heterocycles. The molecule has 0 saturated carbocycles. The maximum Gasteiger partial charge on any atom is 0.417 e. The van der Waals surface area contributed by atoms with Crippen LogP contribution in [0.5, 0.6) is 0 Å². The fraction of sp³-hybridized carbons (Fsp3) is 0.125. The van der Waals surface area contributed by atoms with Gasteiger partial charge in [0.25, 0.3) is 0 Å². The molecule has 0 amide bonds. The topological polar surface area (TPSA) is 32.6 Å². The number of rotatable bonds is 1. The van der Waals surface area contributed by atoms with Crippen molar-refractivity contribution in [1.82, 2.24) is 0 Å². The van der Waals surface area contributed by atoms with E-state index in [9.17, 15) is 17.6 Å². The molecule has 0 heterocycles. The molecule has 15 heavy (non-hydrogen) atoms. The molecule has 1 aromatic carbocycles. The molecule has 0 aliphatic carbocycles. The van der Waals surface area contributed by atoms with Crippen molar-refractivity contribution in [3.05, 3.63) is 33.5 Å². The SMILES string of the molecule is ON=Cc1c(C(F)(F)F)ccc(Br)c1F. The van der Waals surface area contributed by atoms with E-state index >= 15 is 0 Å². The Morgan fingerprint density at radius 1 is 1.33 bits per heavy atom. The average molecular weight is 286 g/mol. The van der Waals surface area contributed by atoms with Crippen LogP contribution in [0.4, 0.5) is 17.6 Å². The van der Waals surface area contributed by atoms with E-state index in [1.165, 1.54) is 0 Å². The normalized spacial score (nSPS) is 12.3. The number of alkyl halides is 3. The molecule has 0 aliphatic rings. The molecule has 0 spiro atoms. The van der Waals surface area contributed by atoms with E-state index in [-0.39, 0.29) is 4.47 Å². The summed E-state index contributed by atoms with van der Waals surface area (Å²) in [6, 6.07) is 1.64. The van der Waals surface area contributed by atoms with E-state index in [2.05, 4.69) is 21.1 Å². The Labute approximate surface area is 90.3 Å². The molecule has 0 atom stereocenters. The van der Waals surface area contributed by atoms with Crippen molar-refractivity contribution in [2.75, 3.05) is 0 Å². The fourth-order valence-electron chi connectivity index (χ4n) is 0.997. The van der Waals surface area contributed by atoms with Crippen molar-refractivity contribution < 1.29 is 22.8 Å². The van der Waals surface area contributed by atoms with Gasteiger partial charge in [-0.25, -0.2) is 4.39 Å². The maximum atomic E-state index is 13.2. The van der Waals surface area contributed by atoms with Crippen molar-refractivity contribution in [1.29, 1.82) is 0 Å². The van der Waals surface area contributed by atoms with Crippen molar-refractivity contribution >= 4 is 22.1 Å². The monoisotopic (exact) mass is 285 g/mol. The van der Waals surface area contributed by atoms with E-state index in [0.29, 0.717) is 12.3 Å².